The minimum atomic E-state index is 0.911. The van der Waals surface area contributed by atoms with Crippen molar-refractivity contribution >= 4 is 0 Å². The van der Waals surface area contributed by atoms with Gasteiger partial charge in [-0.15, -0.1) is 0 Å². The zero-order valence-electron chi connectivity index (χ0n) is 7.19. The van der Waals surface area contributed by atoms with Crippen LogP contribution in [0.15, 0.2) is 0 Å². The second-order valence-electron chi connectivity index (χ2n) is 3.52. The first-order chi connectivity index (χ1) is 4.84. The lowest BCUT2D eigenvalue weighted by atomic mass is 9.85. The van der Waals surface area contributed by atoms with Gasteiger partial charge in [-0.3, -0.25) is 0 Å². The molecular formula is C9H19N. The number of hydrogen-bond donors (Lipinski definition) is 1. The second-order valence-corrected chi connectivity index (χ2v) is 3.52. The maximum Gasteiger partial charge on any atom is -0.00205 e. The highest BCUT2D eigenvalue weighted by molar-refractivity contribution is 4.74. The van der Waals surface area contributed by atoms with E-state index in [4.69, 9.17) is 0 Å². The van der Waals surface area contributed by atoms with Crippen molar-refractivity contribution in [2.24, 2.45) is 11.8 Å². The Morgan fingerprint density at radius 3 is 2.90 bits per heavy atom. The molecule has 0 saturated carbocycles. The molecule has 0 aliphatic carbocycles. The Labute approximate surface area is 64.2 Å². The molecule has 0 amide bonds. The molecule has 0 radical (unpaired) electrons. The van der Waals surface area contributed by atoms with E-state index in [-0.39, 0.29) is 0 Å². The molecule has 0 aromatic heterocycles. The molecule has 2 atom stereocenters. The van der Waals surface area contributed by atoms with Crippen LogP contribution in [-0.2, 0) is 0 Å². The van der Waals surface area contributed by atoms with Crippen LogP contribution in [-0.4, -0.2) is 13.1 Å². The third kappa shape index (κ3) is 1.98. The lowest BCUT2D eigenvalue weighted by Crippen LogP contribution is -2.34. The van der Waals surface area contributed by atoms with Crippen molar-refractivity contribution in [3.63, 3.8) is 0 Å². The highest BCUT2D eigenvalue weighted by Crippen LogP contribution is 2.22. The predicted molar refractivity (Wildman–Crippen MR) is 45.0 cm³/mol. The van der Waals surface area contributed by atoms with Crippen LogP contribution in [0.5, 0.6) is 0 Å². The Balaban J connectivity index is 2.25. The van der Waals surface area contributed by atoms with Gasteiger partial charge in [0.1, 0.15) is 0 Å². The van der Waals surface area contributed by atoms with E-state index < -0.39 is 0 Å². The van der Waals surface area contributed by atoms with Crippen LogP contribution in [0.25, 0.3) is 0 Å². The average Bonchev–Trinajstić information content (AvgIpc) is 1.94. The quantitative estimate of drug-likeness (QED) is 0.620. The van der Waals surface area contributed by atoms with Gasteiger partial charge in [0.2, 0.25) is 0 Å². The molecule has 0 spiro atoms. The van der Waals surface area contributed by atoms with E-state index in [1.54, 1.807) is 0 Å². The maximum absolute atomic E-state index is 3.42. The fraction of sp³-hybridized carbons (Fsp3) is 1.00. The number of hydrogen-bond acceptors (Lipinski definition) is 1. The molecule has 0 aromatic carbocycles. The minimum absolute atomic E-state index is 0.911. The molecule has 1 fully saturated rings. The summed E-state index contributed by atoms with van der Waals surface area (Å²) >= 11 is 0. The van der Waals surface area contributed by atoms with E-state index >= 15 is 0 Å². The van der Waals surface area contributed by atoms with Crippen LogP contribution >= 0.6 is 0 Å². The molecule has 1 heterocycles. The molecule has 1 aliphatic heterocycles. The summed E-state index contributed by atoms with van der Waals surface area (Å²) < 4.78 is 0. The molecule has 1 aliphatic rings. The topological polar surface area (TPSA) is 12.0 Å². The average molecular weight is 141 g/mol. The van der Waals surface area contributed by atoms with Gasteiger partial charge in [-0.25, -0.2) is 0 Å². The molecule has 60 valence electrons. The van der Waals surface area contributed by atoms with E-state index in [2.05, 4.69) is 19.2 Å². The molecule has 1 rings (SSSR count). The van der Waals surface area contributed by atoms with Gasteiger partial charge in [-0.1, -0.05) is 26.7 Å². The van der Waals surface area contributed by atoms with Crippen molar-refractivity contribution in [2.45, 2.75) is 33.1 Å². The van der Waals surface area contributed by atoms with Crippen LogP contribution in [0.2, 0.25) is 0 Å². The minimum Gasteiger partial charge on any atom is -0.316 e. The number of rotatable bonds is 2. The molecule has 1 unspecified atom stereocenters. The first kappa shape index (κ1) is 8.06. The van der Waals surface area contributed by atoms with Gasteiger partial charge in [0.25, 0.3) is 0 Å². The summed E-state index contributed by atoms with van der Waals surface area (Å²) in [5, 5.41) is 3.42. The molecule has 1 heteroatoms. The van der Waals surface area contributed by atoms with E-state index in [1.165, 1.54) is 32.4 Å². The standard InChI is InChI=1S/C9H19N/c1-3-4-9-5-6-10-7-8(9)2/h8-10H,3-7H2,1-2H3/t8-,9?/m1/s1. The van der Waals surface area contributed by atoms with Gasteiger partial charge in [0.15, 0.2) is 0 Å². The van der Waals surface area contributed by atoms with Crippen molar-refractivity contribution in [1.29, 1.82) is 0 Å². The molecule has 1 saturated heterocycles. The Morgan fingerprint density at radius 2 is 2.30 bits per heavy atom. The van der Waals surface area contributed by atoms with Gasteiger partial charge in [-0.05, 0) is 31.3 Å². The van der Waals surface area contributed by atoms with Crippen molar-refractivity contribution in [3.05, 3.63) is 0 Å². The summed E-state index contributed by atoms with van der Waals surface area (Å²) in [5.41, 5.74) is 0. The van der Waals surface area contributed by atoms with Gasteiger partial charge in [-0.2, -0.15) is 0 Å². The number of piperidine rings is 1. The van der Waals surface area contributed by atoms with Gasteiger partial charge in [0.05, 0.1) is 0 Å². The zero-order chi connectivity index (χ0) is 7.40. The summed E-state index contributed by atoms with van der Waals surface area (Å²) in [7, 11) is 0. The highest BCUT2D eigenvalue weighted by atomic mass is 14.9. The molecule has 1 nitrogen and oxygen atoms in total. The van der Waals surface area contributed by atoms with E-state index in [1.807, 2.05) is 0 Å². The Bertz CT molecular complexity index is 88.7. The second kappa shape index (κ2) is 3.97. The van der Waals surface area contributed by atoms with Crippen LogP contribution < -0.4 is 5.32 Å². The lowest BCUT2D eigenvalue weighted by Gasteiger charge is -2.29. The number of nitrogens with one attached hydrogen (secondary N) is 1. The summed E-state index contributed by atoms with van der Waals surface area (Å²) in [6.45, 7) is 7.14. The van der Waals surface area contributed by atoms with Crippen molar-refractivity contribution < 1.29 is 0 Å². The summed E-state index contributed by atoms with van der Waals surface area (Å²) in [4.78, 5) is 0. The normalized spacial score (nSPS) is 34.2. The van der Waals surface area contributed by atoms with E-state index in [0.717, 1.165) is 11.8 Å². The Kier molecular flexibility index (Phi) is 3.20. The van der Waals surface area contributed by atoms with Gasteiger partial charge < -0.3 is 5.32 Å². The van der Waals surface area contributed by atoms with Crippen LogP contribution in [0, 0.1) is 11.8 Å². The summed E-state index contributed by atoms with van der Waals surface area (Å²) in [6, 6.07) is 0. The fourth-order valence-corrected chi connectivity index (χ4v) is 1.87. The van der Waals surface area contributed by atoms with E-state index in [9.17, 15) is 0 Å². The summed E-state index contributed by atoms with van der Waals surface area (Å²) in [5.74, 6) is 1.92. The molecular weight excluding hydrogens is 122 g/mol. The van der Waals surface area contributed by atoms with Crippen molar-refractivity contribution in [1.82, 2.24) is 5.32 Å². The molecule has 1 N–H and O–H groups in total. The molecule has 0 aromatic rings. The van der Waals surface area contributed by atoms with Crippen LogP contribution in [0.1, 0.15) is 33.1 Å². The van der Waals surface area contributed by atoms with E-state index in [0.29, 0.717) is 0 Å². The zero-order valence-corrected chi connectivity index (χ0v) is 7.19. The third-order valence-electron chi connectivity index (χ3n) is 2.62. The van der Waals surface area contributed by atoms with Crippen molar-refractivity contribution in [2.75, 3.05) is 13.1 Å². The maximum atomic E-state index is 3.42. The molecule has 0 bridgehead atoms. The largest absolute Gasteiger partial charge is 0.316 e. The third-order valence-corrected chi connectivity index (χ3v) is 2.62. The predicted octanol–water partition coefficient (Wildman–Crippen LogP) is 2.03. The first-order valence-electron chi connectivity index (χ1n) is 4.55. The van der Waals surface area contributed by atoms with Gasteiger partial charge in [0, 0.05) is 0 Å². The monoisotopic (exact) mass is 141 g/mol. The Morgan fingerprint density at radius 1 is 1.50 bits per heavy atom. The smallest absolute Gasteiger partial charge is 0.00205 e. The van der Waals surface area contributed by atoms with Crippen LogP contribution in [0.4, 0.5) is 0 Å². The lowest BCUT2D eigenvalue weighted by molar-refractivity contribution is 0.257. The first-order valence-corrected chi connectivity index (χ1v) is 4.55. The van der Waals surface area contributed by atoms with Gasteiger partial charge >= 0.3 is 0 Å². The molecule has 10 heavy (non-hydrogen) atoms. The summed E-state index contributed by atoms with van der Waals surface area (Å²) in [6.07, 6.45) is 4.19. The Hall–Kier alpha value is -0.0400. The van der Waals surface area contributed by atoms with Crippen molar-refractivity contribution in [3.8, 4) is 0 Å². The SMILES string of the molecule is CCCC1CCNC[C@H]1C. The fourth-order valence-electron chi connectivity index (χ4n) is 1.87. The van der Waals surface area contributed by atoms with Crippen LogP contribution in [0.3, 0.4) is 0 Å². The highest BCUT2D eigenvalue weighted by Gasteiger charge is 2.19.